The summed E-state index contributed by atoms with van der Waals surface area (Å²) in [6, 6.07) is 3.67. The molecule has 0 aliphatic carbocycles. The van der Waals surface area contributed by atoms with Crippen LogP contribution in [-0.2, 0) is 7.05 Å². The molecule has 0 fully saturated rings. The van der Waals surface area contributed by atoms with Crippen LogP contribution >= 0.6 is 15.9 Å². The summed E-state index contributed by atoms with van der Waals surface area (Å²) in [7, 11) is 1.89. The first-order chi connectivity index (χ1) is 5.24. The Balaban J connectivity index is 0.00000121. The maximum atomic E-state index is 11.1. The van der Waals surface area contributed by atoms with E-state index in [2.05, 4.69) is 15.9 Å². The van der Waals surface area contributed by atoms with Crippen molar-refractivity contribution in [3.8, 4) is 0 Å². The molecule has 0 spiro atoms. The molecule has 0 saturated carbocycles. The monoisotopic (exact) mass is 293 g/mol. The number of aryl methyl sites for hydroxylation is 1. The highest BCUT2D eigenvalue weighted by molar-refractivity contribution is 9.09. The maximum absolute atomic E-state index is 11.1. The van der Waals surface area contributed by atoms with Gasteiger partial charge in [0.2, 0.25) is 0 Å². The van der Waals surface area contributed by atoms with E-state index in [0.717, 1.165) is 5.56 Å². The van der Waals surface area contributed by atoms with Gasteiger partial charge in [-0.15, -0.1) is 0 Å². The first-order valence-electron chi connectivity index (χ1n) is 3.28. The summed E-state index contributed by atoms with van der Waals surface area (Å²) < 4.78 is 1.86. The maximum Gasteiger partial charge on any atom is 0.179 e. The lowest BCUT2D eigenvalue weighted by molar-refractivity contribution is -0.671. The summed E-state index contributed by atoms with van der Waals surface area (Å²) in [5.41, 5.74) is 0.742. The zero-order chi connectivity index (χ0) is 8.27. The van der Waals surface area contributed by atoms with Crippen molar-refractivity contribution in [3.05, 3.63) is 30.1 Å². The molecule has 0 unspecified atom stereocenters. The van der Waals surface area contributed by atoms with Crippen LogP contribution in [0.5, 0.6) is 0 Å². The standard InChI is InChI=1S/C8H9BrNO.BrH/c1-10-4-2-3-7(6-10)8(11)5-9;/h2-4,6H,5H2,1H3;1H/q+1;/p-1. The topological polar surface area (TPSA) is 20.9 Å². The Morgan fingerprint density at radius 3 is 2.83 bits per heavy atom. The second-order valence-electron chi connectivity index (χ2n) is 2.31. The molecule has 0 aromatic carbocycles. The summed E-state index contributed by atoms with van der Waals surface area (Å²) in [4.78, 5) is 11.1. The van der Waals surface area contributed by atoms with Gasteiger partial charge in [-0.2, -0.15) is 0 Å². The molecule has 0 saturated heterocycles. The van der Waals surface area contributed by atoms with Crippen molar-refractivity contribution in [2.75, 3.05) is 5.33 Å². The van der Waals surface area contributed by atoms with Gasteiger partial charge in [0.1, 0.15) is 7.05 Å². The van der Waals surface area contributed by atoms with Gasteiger partial charge in [0.05, 0.1) is 10.9 Å². The average Bonchev–Trinajstić information content (AvgIpc) is 2.03. The third-order valence-electron chi connectivity index (χ3n) is 1.38. The van der Waals surface area contributed by atoms with Gasteiger partial charge in [-0.1, -0.05) is 15.9 Å². The number of ketones is 1. The van der Waals surface area contributed by atoms with E-state index in [1.165, 1.54) is 0 Å². The number of hydrogen-bond donors (Lipinski definition) is 0. The van der Waals surface area contributed by atoms with Crippen LogP contribution in [0.4, 0.5) is 0 Å². The van der Waals surface area contributed by atoms with Crippen LogP contribution in [0.2, 0.25) is 0 Å². The molecular weight excluding hydrogens is 286 g/mol. The summed E-state index contributed by atoms with van der Waals surface area (Å²) in [6.45, 7) is 0. The first-order valence-corrected chi connectivity index (χ1v) is 4.40. The van der Waals surface area contributed by atoms with E-state index in [1.54, 1.807) is 0 Å². The fourth-order valence-corrected chi connectivity index (χ4v) is 1.15. The smallest absolute Gasteiger partial charge is 0.179 e. The molecule has 0 aliphatic rings. The normalized spacial score (nSPS) is 8.83. The fourth-order valence-electron chi connectivity index (χ4n) is 0.830. The van der Waals surface area contributed by atoms with Crippen LogP contribution in [0.3, 0.4) is 0 Å². The van der Waals surface area contributed by atoms with E-state index >= 15 is 0 Å². The average molecular weight is 295 g/mol. The molecule has 4 heteroatoms. The molecule has 0 bridgehead atoms. The van der Waals surface area contributed by atoms with Gasteiger partial charge in [-0.05, 0) is 6.07 Å². The molecular formula is C8H9Br2NO. The van der Waals surface area contributed by atoms with Gasteiger partial charge in [0, 0.05) is 6.07 Å². The molecule has 0 amide bonds. The summed E-state index contributed by atoms with van der Waals surface area (Å²) in [5, 5.41) is 0.386. The van der Waals surface area contributed by atoms with E-state index < -0.39 is 0 Å². The van der Waals surface area contributed by atoms with Crippen molar-refractivity contribution < 1.29 is 26.3 Å². The van der Waals surface area contributed by atoms with E-state index in [0.29, 0.717) is 5.33 Å². The minimum atomic E-state index is 0. The van der Waals surface area contributed by atoms with Crippen molar-refractivity contribution >= 4 is 21.7 Å². The van der Waals surface area contributed by atoms with E-state index in [1.807, 2.05) is 36.1 Å². The van der Waals surface area contributed by atoms with Gasteiger partial charge < -0.3 is 17.0 Å². The van der Waals surface area contributed by atoms with Gasteiger partial charge in [-0.3, -0.25) is 4.79 Å². The highest BCUT2D eigenvalue weighted by Crippen LogP contribution is 1.98. The van der Waals surface area contributed by atoms with Crippen LogP contribution < -0.4 is 21.5 Å². The molecule has 0 aliphatic heterocycles. The largest absolute Gasteiger partial charge is 1.00 e. The summed E-state index contributed by atoms with van der Waals surface area (Å²) in [6.07, 6.45) is 3.70. The molecule has 0 N–H and O–H groups in total. The number of rotatable bonds is 2. The predicted octanol–water partition coefficient (Wildman–Crippen LogP) is -1.91. The number of nitrogens with zero attached hydrogens (tertiary/aromatic N) is 1. The Bertz CT molecular complexity index is 276. The predicted molar refractivity (Wildman–Crippen MR) is 45.7 cm³/mol. The Labute approximate surface area is 90.5 Å². The number of carbonyl (C=O) groups excluding carboxylic acids is 1. The number of halogens is 2. The minimum Gasteiger partial charge on any atom is -1.00 e. The summed E-state index contributed by atoms with van der Waals surface area (Å²) in [5.74, 6) is 0.112. The van der Waals surface area contributed by atoms with Gasteiger partial charge in [0.15, 0.2) is 18.2 Å². The van der Waals surface area contributed by atoms with Crippen molar-refractivity contribution in [3.63, 3.8) is 0 Å². The van der Waals surface area contributed by atoms with Crippen LogP contribution in [0.25, 0.3) is 0 Å². The second-order valence-corrected chi connectivity index (χ2v) is 2.88. The number of aromatic nitrogens is 1. The number of hydrogen-bond acceptors (Lipinski definition) is 1. The number of Topliss-reactive ketones (excluding diaryl/α,β-unsaturated/α-hetero) is 1. The van der Waals surface area contributed by atoms with Crippen LogP contribution in [-0.4, -0.2) is 11.1 Å². The van der Waals surface area contributed by atoms with Crippen LogP contribution in [0.15, 0.2) is 24.5 Å². The fraction of sp³-hybridized carbons (Fsp3) is 0.250. The molecule has 1 rings (SSSR count). The van der Waals surface area contributed by atoms with Crippen LogP contribution in [0.1, 0.15) is 10.4 Å². The lowest BCUT2D eigenvalue weighted by atomic mass is 10.2. The highest BCUT2D eigenvalue weighted by Gasteiger charge is 2.05. The Hall–Kier alpha value is -0.220. The molecule has 1 aromatic rings. The quantitative estimate of drug-likeness (QED) is 0.354. The Morgan fingerprint density at radius 2 is 2.33 bits per heavy atom. The second kappa shape index (κ2) is 5.43. The SMILES string of the molecule is C[n+]1cccc(C(=O)CBr)c1.[Br-]. The third kappa shape index (κ3) is 3.03. The number of pyridine rings is 1. The van der Waals surface area contributed by atoms with Crippen molar-refractivity contribution in [1.82, 2.24) is 0 Å². The summed E-state index contributed by atoms with van der Waals surface area (Å²) >= 11 is 3.12. The molecule has 12 heavy (non-hydrogen) atoms. The van der Waals surface area contributed by atoms with Crippen molar-refractivity contribution in [2.24, 2.45) is 7.05 Å². The van der Waals surface area contributed by atoms with E-state index in [-0.39, 0.29) is 22.8 Å². The van der Waals surface area contributed by atoms with E-state index in [9.17, 15) is 4.79 Å². The zero-order valence-corrected chi connectivity index (χ0v) is 9.80. The molecule has 0 radical (unpaired) electrons. The molecule has 66 valence electrons. The number of carbonyl (C=O) groups is 1. The number of alkyl halides is 1. The zero-order valence-electron chi connectivity index (χ0n) is 6.63. The molecule has 2 nitrogen and oxygen atoms in total. The Kier molecular flexibility index (Phi) is 5.33. The lowest BCUT2D eigenvalue weighted by Crippen LogP contribution is -3.00. The van der Waals surface area contributed by atoms with Crippen molar-refractivity contribution in [1.29, 1.82) is 0 Å². The first kappa shape index (κ1) is 11.8. The van der Waals surface area contributed by atoms with E-state index in [4.69, 9.17) is 0 Å². The van der Waals surface area contributed by atoms with Crippen molar-refractivity contribution in [2.45, 2.75) is 0 Å². The molecule has 1 aromatic heterocycles. The molecule has 0 atom stereocenters. The van der Waals surface area contributed by atoms with Crippen LogP contribution in [0, 0.1) is 0 Å². The third-order valence-corrected chi connectivity index (χ3v) is 1.89. The van der Waals surface area contributed by atoms with Gasteiger partial charge in [-0.25, -0.2) is 4.57 Å². The molecule has 1 heterocycles. The van der Waals surface area contributed by atoms with Gasteiger partial charge in [0.25, 0.3) is 0 Å². The Morgan fingerprint density at radius 1 is 1.67 bits per heavy atom. The highest BCUT2D eigenvalue weighted by atomic mass is 79.9. The minimum absolute atomic E-state index is 0. The lowest BCUT2D eigenvalue weighted by Gasteiger charge is -1.92. The van der Waals surface area contributed by atoms with Gasteiger partial charge >= 0.3 is 0 Å².